The first-order valence-electron chi connectivity index (χ1n) is 11.6. The van der Waals surface area contributed by atoms with Gasteiger partial charge in [-0.3, -0.25) is 4.79 Å². The third-order valence-electron chi connectivity index (χ3n) is 4.50. The molecule has 0 aliphatic carbocycles. The molecule has 170 valence electrons. The summed E-state index contributed by atoms with van der Waals surface area (Å²) < 4.78 is 11.2. The molecule has 1 atom stereocenters. The summed E-state index contributed by atoms with van der Waals surface area (Å²) in [7, 11) is -1.61. The van der Waals surface area contributed by atoms with Crippen molar-refractivity contribution < 1.29 is 14.0 Å². The molecule has 0 bridgehead atoms. The zero-order valence-corrected chi connectivity index (χ0v) is 21.1. The van der Waals surface area contributed by atoms with Gasteiger partial charge in [-0.2, -0.15) is 0 Å². The summed E-state index contributed by atoms with van der Waals surface area (Å²) in [6, 6.07) is 0. The molecular weight excluding hydrogens is 400 g/mol. The second-order valence-corrected chi connectivity index (χ2v) is 13.5. The molecule has 29 heavy (non-hydrogen) atoms. The number of allylic oxidation sites excluding steroid dienone is 4. The highest BCUT2D eigenvalue weighted by molar-refractivity contribution is 6.69. The zero-order chi connectivity index (χ0) is 21.8. The first-order chi connectivity index (χ1) is 13.9. The van der Waals surface area contributed by atoms with Gasteiger partial charge in [-0.05, 0) is 58.2 Å². The van der Waals surface area contributed by atoms with Crippen molar-refractivity contribution in [3.63, 3.8) is 0 Å². The van der Waals surface area contributed by atoms with Crippen LogP contribution in [0.4, 0.5) is 0 Å². The highest BCUT2D eigenvalue weighted by Crippen LogP contribution is 2.11. The molecule has 0 aliphatic heterocycles. The van der Waals surface area contributed by atoms with Gasteiger partial charge in [0.2, 0.25) is 0 Å². The number of esters is 1. The van der Waals surface area contributed by atoms with E-state index in [1.54, 1.807) is 0 Å². The fourth-order valence-corrected chi connectivity index (χ4v) is 3.62. The van der Waals surface area contributed by atoms with Gasteiger partial charge in [0.25, 0.3) is 0 Å². The third kappa shape index (κ3) is 21.9. The van der Waals surface area contributed by atoms with E-state index < -0.39 is 8.32 Å². The van der Waals surface area contributed by atoms with Crippen LogP contribution in [0.5, 0.6) is 0 Å². The molecule has 0 saturated carbocycles. The molecule has 0 heterocycles. The maximum atomic E-state index is 11.9. The van der Waals surface area contributed by atoms with Gasteiger partial charge in [-0.1, -0.05) is 63.3 Å². The lowest BCUT2D eigenvalue weighted by molar-refractivity contribution is -0.149. The SMILES string of the molecule is CCCCC/C=C\C/C=C\CCCCCCCC(=O)OC(CCl)CO[Si](C)(C)C. The molecule has 0 N–H and O–H groups in total. The summed E-state index contributed by atoms with van der Waals surface area (Å²) >= 11 is 5.89. The van der Waals surface area contributed by atoms with E-state index in [4.69, 9.17) is 20.8 Å². The molecule has 0 rings (SSSR count). The van der Waals surface area contributed by atoms with Crippen LogP contribution in [0.3, 0.4) is 0 Å². The molecule has 5 heteroatoms. The Bertz CT molecular complexity index is 444. The van der Waals surface area contributed by atoms with Crippen molar-refractivity contribution in [2.75, 3.05) is 12.5 Å². The average Bonchev–Trinajstić information content (AvgIpc) is 2.67. The van der Waals surface area contributed by atoms with E-state index >= 15 is 0 Å². The van der Waals surface area contributed by atoms with Crippen molar-refractivity contribution in [3.05, 3.63) is 24.3 Å². The van der Waals surface area contributed by atoms with Gasteiger partial charge < -0.3 is 9.16 Å². The highest BCUT2D eigenvalue weighted by Gasteiger charge is 2.19. The Kier molecular flexibility index (Phi) is 19.0. The van der Waals surface area contributed by atoms with Gasteiger partial charge in [-0.25, -0.2) is 0 Å². The molecule has 0 aliphatic rings. The van der Waals surface area contributed by atoms with E-state index in [9.17, 15) is 4.79 Å². The van der Waals surface area contributed by atoms with Crippen LogP contribution in [0, 0.1) is 0 Å². The number of rotatable bonds is 19. The van der Waals surface area contributed by atoms with Gasteiger partial charge in [0.05, 0.1) is 12.5 Å². The predicted octanol–water partition coefficient (Wildman–Crippen LogP) is 7.80. The summed E-state index contributed by atoms with van der Waals surface area (Å²) in [6.07, 6.45) is 22.3. The predicted molar refractivity (Wildman–Crippen MR) is 129 cm³/mol. The molecule has 3 nitrogen and oxygen atoms in total. The number of alkyl halides is 1. The molecule has 0 saturated heterocycles. The van der Waals surface area contributed by atoms with Crippen molar-refractivity contribution in [2.45, 2.75) is 110 Å². The fraction of sp³-hybridized carbons (Fsp3) is 0.792. The minimum absolute atomic E-state index is 0.152. The lowest BCUT2D eigenvalue weighted by Crippen LogP contribution is -2.33. The van der Waals surface area contributed by atoms with Crippen LogP contribution in [0.15, 0.2) is 24.3 Å². The molecule has 0 aromatic rings. The van der Waals surface area contributed by atoms with Gasteiger partial charge >= 0.3 is 5.97 Å². The summed E-state index contributed by atoms with van der Waals surface area (Å²) in [4.78, 5) is 11.9. The number of ether oxygens (including phenoxy) is 1. The Hall–Kier alpha value is -0.583. The lowest BCUT2D eigenvalue weighted by atomic mass is 10.1. The first-order valence-corrected chi connectivity index (χ1v) is 15.5. The zero-order valence-electron chi connectivity index (χ0n) is 19.4. The second-order valence-electron chi connectivity index (χ2n) is 8.67. The highest BCUT2D eigenvalue weighted by atomic mass is 35.5. The third-order valence-corrected chi connectivity index (χ3v) is 5.88. The van der Waals surface area contributed by atoms with E-state index in [2.05, 4.69) is 50.9 Å². The van der Waals surface area contributed by atoms with Crippen molar-refractivity contribution in [2.24, 2.45) is 0 Å². The number of carbonyl (C=O) groups is 1. The van der Waals surface area contributed by atoms with Crippen LogP contribution in [0.25, 0.3) is 0 Å². The summed E-state index contributed by atoms with van der Waals surface area (Å²) in [5, 5.41) is 0. The quantitative estimate of drug-likeness (QED) is 0.0669. The van der Waals surface area contributed by atoms with Crippen LogP contribution >= 0.6 is 11.6 Å². The topological polar surface area (TPSA) is 35.5 Å². The van der Waals surface area contributed by atoms with Crippen molar-refractivity contribution in [3.8, 4) is 0 Å². The number of hydrogen-bond donors (Lipinski definition) is 0. The van der Waals surface area contributed by atoms with Gasteiger partial charge in [0, 0.05) is 6.42 Å². The Morgan fingerprint density at radius 1 is 0.897 bits per heavy atom. The molecule has 1 unspecified atom stereocenters. The van der Waals surface area contributed by atoms with Crippen LogP contribution in [-0.2, 0) is 14.0 Å². The van der Waals surface area contributed by atoms with E-state index in [1.807, 2.05) is 0 Å². The lowest BCUT2D eigenvalue weighted by Gasteiger charge is -2.22. The molecule has 0 aromatic heterocycles. The Labute approximate surface area is 186 Å². The van der Waals surface area contributed by atoms with E-state index in [0.29, 0.717) is 18.9 Å². The minimum Gasteiger partial charge on any atom is -0.459 e. The smallest absolute Gasteiger partial charge is 0.306 e. The average molecular weight is 445 g/mol. The monoisotopic (exact) mass is 444 g/mol. The number of hydrogen-bond acceptors (Lipinski definition) is 3. The number of unbranched alkanes of at least 4 members (excludes halogenated alkanes) is 8. The van der Waals surface area contributed by atoms with Crippen molar-refractivity contribution in [1.29, 1.82) is 0 Å². The largest absolute Gasteiger partial charge is 0.459 e. The molecule has 0 spiro atoms. The van der Waals surface area contributed by atoms with Gasteiger partial charge in [-0.15, -0.1) is 11.6 Å². The number of carbonyl (C=O) groups excluding carboxylic acids is 1. The van der Waals surface area contributed by atoms with Crippen LogP contribution < -0.4 is 0 Å². The summed E-state index contributed by atoms with van der Waals surface area (Å²) in [5.41, 5.74) is 0. The van der Waals surface area contributed by atoms with Crippen molar-refractivity contribution >= 4 is 25.9 Å². The van der Waals surface area contributed by atoms with E-state index in [-0.39, 0.29) is 12.1 Å². The molecular formula is C24H45ClO3Si. The molecule has 0 amide bonds. The van der Waals surface area contributed by atoms with Crippen LogP contribution in [0.1, 0.15) is 84.0 Å². The fourth-order valence-electron chi connectivity index (χ4n) is 2.78. The molecule has 0 radical (unpaired) electrons. The Morgan fingerprint density at radius 2 is 1.48 bits per heavy atom. The van der Waals surface area contributed by atoms with E-state index in [0.717, 1.165) is 25.7 Å². The Morgan fingerprint density at radius 3 is 2.07 bits per heavy atom. The maximum absolute atomic E-state index is 11.9. The summed E-state index contributed by atoms with van der Waals surface area (Å²) in [5.74, 6) is 0.138. The van der Waals surface area contributed by atoms with E-state index in [1.165, 1.54) is 44.9 Å². The van der Waals surface area contributed by atoms with Crippen molar-refractivity contribution in [1.82, 2.24) is 0 Å². The first kappa shape index (κ1) is 28.4. The Balaban J connectivity index is 3.55. The van der Waals surface area contributed by atoms with Gasteiger partial charge in [0.15, 0.2) is 8.32 Å². The molecule has 0 aromatic carbocycles. The van der Waals surface area contributed by atoms with Gasteiger partial charge in [0.1, 0.15) is 6.10 Å². The van der Waals surface area contributed by atoms with Crippen LogP contribution in [0.2, 0.25) is 19.6 Å². The number of halogens is 1. The molecule has 0 fully saturated rings. The minimum atomic E-state index is -1.61. The van der Waals surface area contributed by atoms with Crippen LogP contribution in [-0.4, -0.2) is 32.9 Å². The second kappa shape index (κ2) is 19.4. The summed E-state index contributed by atoms with van der Waals surface area (Å²) in [6.45, 7) is 8.99. The standard InChI is InChI=1S/C24H45ClO3Si/c1-5-6-7-8-9-10-11-12-13-14-15-16-17-18-19-20-24(26)28-23(21-25)22-27-29(2,3)4/h9-10,12-13,23H,5-8,11,14-22H2,1-4H3/b10-9-,13-12-. The normalized spacial score (nSPS) is 13.4. The maximum Gasteiger partial charge on any atom is 0.306 e.